The van der Waals surface area contributed by atoms with Crippen molar-refractivity contribution in [2.75, 3.05) is 32.2 Å². The van der Waals surface area contributed by atoms with E-state index in [4.69, 9.17) is 10.5 Å². The van der Waals surface area contributed by atoms with Crippen molar-refractivity contribution in [2.24, 2.45) is 5.73 Å². The monoisotopic (exact) mass is 416 g/mol. The molecule has 0 aromatic heterocycles. The van der Waals surface area contributed by atoms with Crippen molar-refractivity contribution in [1.29, 1.82) is 0 Å². The van der Waals surface area contributed by atoms with Crippen LogP contribution in [0.3, 0.4) is 0 Å². The number of carbonyl (C=O) groups is 1. The fourth-order valence-corrected chi connectivity index (χ4v) is 2.61. The molecule has 3 N–H and O–H groups in total. The smallest absolute Gasteiger partial charge is 0.419 e. The number of aliphatic hydroxyl groups excluding tert-OH is 1. The van der Waals surface area contributed by atoms with Crippen LogP contribution in [0.5, 0.6) is 5.75 Å². The van der Waals surface area contributed by atoms with Crippen LogP contribution in [0.4, 0.5) is 13.2 Å². The van der Waals surface area contributed by atoms with Crippen molar-refractivity contribution in [3.05, 3.63) is 29.8 Å². The molecule has 2 atom stereocenters. The fraction of sp³-hybridized carbons (Fsp3) is 0.562. The topological polar surface area (TPSA) is 75.8 Å². The summed E-state index contributed by atoms with van der Waals surface area (Å²) in [7, 11) is 1.48. The number of nitrogens with two attached hydrogens (primary N) is 1. The Bertz CT molecular complexity index is 564. The third kappa shape index (κ3) is 8.03. The van der Waals surface area contributed by atoms with Gasteiger partial charge in [-0.15, -0.1) is 12.4 Å². The minimum Gasteiger partial charge on any atom is -0.490 e. The summed E-state index contributed by atoms with van der Waals surface area (Å²) >= 11 is 1.57. The summed E-state index contributed by atoms with van der Waals surface area (Å²) in [6.07, 6.45) is -3.27. The highest BCUT2D eigenvalue weighted by molar-refractivity contribution is 7.98. The van der Waals surface area contributed by atoms with Gasteiger partial charge < -0.3 is 20.5 Å². The van der Waals surface area contributed by atoms with E-state index < -0.39 is 23.9 Å². The number of amides is 1. The predicted octanol–water partition coefficient (Wildman–Crippen LogP) is 2.41. The first-order valence-electron chi connectivity index (χ1n) is 7.63. The first-order valence-corrected chi connectivity index (χ1v) is 9.02. The van der Waals surface area contributed by atoms with E-state index in [-0.39, 0.29) is 37.2 Å². The van der Waals surface area contributed by atoms with Gasteiger partial charge in [0.05, 0.1) is 11.6 Å². The maximum atomic E-state index is 12.9. The quantitative estimate of drug-likeness (QED) is 0.646. The highest BCUT2D eigenvalue weighted by Crippen LogP contribution is 2.35. The molecular formula is C16H24ClF3N2O3S. The Morgan fingerprint density at radius 3 is 2.58 bits per heavy atom. The molecule has 1 aromatic carbocycles. The summed E-state index contributed by atoms with van der Waals surface area (Å²) in [5.41, 5.74) is 4.86. The van der Waals surface area contributed by atoms with Gasteiger partial charge in [-0.05, 0) is 30.6 Å². The molecule has 0 spiro atoms. The molecule has 26 heavy (non-hydrogen) atoms. The lowest BCUT2D eigenvalue weighted by Gasteiger charge is -2.24. The van der Waals surface area contributed by atoms with Gasteiger partial charge in [0.15, 0.2) is 0 Å². The Morgan fingerprint density at radius 1 is 1.38 bits per heavy atom. The third-order valence-electron chi connectivity index (χ3n) is 3.43. The van der Waals surface area contributed by atoms with Crippen LogP contribution < -0.4 is 10.5 Å². The molecule has 150 valence electrons. The maximum Gasteiger partial charge on any atom is 0.419 e. The summed E-state index contributed by atoms with van der Waals surface area (Å²) < 4.78 is 43.7. The Hall–Kier alpha value is -1.16. The first kappa shape index (κ1) is 24.8. The Balaban J connectivity index is 0.00000625. The molecule has 10 heteroatoms. The Kier molecular flexibility index (Phi) is 11.0. The van der Waals surface area contributed by atoms with Crippen LogP contribution in [0.1, 0.15) is 12.0 Å². The summed E-state index contributed by atoms with van der Waals surface area (Å²) in [5, 5.41) is 9.94. The highest BCUT2D eigenvalue weighted by Gasteiger charge is 2.34. The van der Waals surface area contributed by atoms with Crippen molar-refractivity contribution in [1.82, 2.24) is 4.90 Å². The summed E-state index contributed by atoms with van der Waals surface area (Å²) in [6, 6.07) is 4.09. The van der Waals surface area contributed by atoms with Crippen molar-refractivity contribution in [3.63, 3.8) is 0 Å². The maximum absolute atomic E-state index is 12.9. The minimum atomic E-state index is -4.54. The van der Waals surface area contributed by atoms with E-state index in [9.17, 15) is 23.1 Å². The molecule has 1 rings (SSSR count). The van der Waals surface area contributed by atoms with Crippen LogP contribution >= 0.6 is 24.2 Å². The molecule has 5 nitrogen and oxygen atoms in total. The van der Waals surface area contributed by atoms with Crippen molar-refractivity contribution < 1.29 is 27.8 Å². The van der Waals surface area contributed by atoms with Gasteiger partial charge in [0.1, 0.15) is 18.5 Å². The lowest BCUT2D eigenvalue weighted by Crippen LogP contribution is -2.45. The van der Waals surface area contributed by atoms with Gasteiger partial charge in [0.2, 0.25) is 5.91 Å². The molecule has 0 saturated carbocycles. The second kappa shape index (κ2) is 11.5. The standard InChI is InChI=1S/C16H23F3N2O3S.ClH/c1-21(15(23)13(20)7-8-25-2)9-11(22)10-24-14-6-4-3-5-12(14)16(17,18)19;/h3-6,11,13,22H,7-10,20H2,1-2H3;1H/t11?,13-;/m0./s1. The normalized spacial score (nSPS) is 13.5. The van der Waals surface area contributed by atoms with Crippen LogP contribution in [0, 0.1) is 0 Å². The van der Waals surface area contributed by atoms with Gasteiger partial charge in [0, 0.05) is 13.6 Å². The SMILES string of the molecule is CSCC[C@H](N)C(=O)N(C)CC(O)COc1ccccc1C(F)(F)F.Cl. The van der Waals surface area contributed by atoms with E-state index in [1.807, 2.05) is 6.26 Å². The van der Waals surface area contributed by atoms with Crippen LogP contribution in [0.15, 0.2) is 24.3 Å². The minimum absolute atomic E-state index is 0. The molecule has 0 aliphatic carbocycles. The average Bonchev–Trinajstić information content (AvgIpc) is 2.56. The number of aliphatic hydroxyl groups is 1. The summed E-state index contributed by atoms with van der Waals surface area (Å²) in [4.78, 5) is 13.3. The number of para-hydroxylation sites is 1. The van der Waals surface area contributed by atoms with Gasteiger partial charge in [-0.25, -0.2) is 0 Å². The molecule has 0 bridgehead atoms. The Labute approximate surface area is 161 Å². The van der Waals surface area contributed by atoms with Crippen molar-refractivity contribution >= 4 is 30.1 Å². The molecule has 1 amide bonds. The van der Waals surface area contributed by atoms with Gasteiger partial charge in [-0.3, -0.25) is 4.79 Å². The second-order valence-electron chi connectivity index (χ2n) is 5.57. The number of ether oxygens (including phenoxy) is 1. The highest BCUT2D eigenvalue weighted by atomic mass is 35.5. The van der Waals surface area contributed by atoms with E-state index in [0.717, 1.165) is 11.8 Å². The summed E-state index contributed by atoms with van der Waals surface area (Å²) in [6.45, 7) is -0.454. The zero-order valence-corrected chi connectivity index (χ0v) is 16.2. The second-order valence-corrected chi connectivity index (χ2v) is 6.55. The van der Waals surface area contributed by atoms with E-state index in [2.05, 4.69) is 0 Å². The number of halogens is 4. The molecule has 1 aromatic rings. The van der Waals surface area contributed by atoms with Gasteiger partial charge >= 0.3 is 6.18 Å². The molecule has 1 unspecified atom stereocenters. The molecule has 0 fully saturated rings. The van der Waals surface area contributed by atoms with Gasteiger partial charge in [-0.2, -0.15) is 24.9 Å². The first-order chi connectivity index (χ1) is 11.7. The number of carbonyl (C=O) groups excluding carboxylic acids is 1. The third-order valence-corrected chi connectivity index (χ3v) is 4.08. The number of hydrogen-bond donors (Lipinski definition) is 2. The molecule has 0 radical (unpaired) electrons. The number of hydrogen-bond acceptors (Lipinski definition) is 5. The number of thioether (sulfide) groups is 1. The van der Waals surface area contributed by atoms with Gasteiger partial charge in [0.25, 0.3) is 0 Å². The molecular weight excluding hydrogens is 393 g/mol. The lowest BCUT2D eigenvalue weighted by atomic mass is 10.2. The van der Waals surface area contributed by atoms with E-state index in [1.165, 1.54) is 30.1 Å². The number of likely N-dealkylation sites (N-methyl/N-ethyl adjacent to an activating group) is 1. The zero-order chi connectivity index (χ0) is 19.0. The molecule has 0 aliphatic rings. The number of alkyl halides is 3. The average molecular weight is 417 g/mol. The molecule has 0 aliphatic heterocycles. The predicted molar refractivity (Wildman–Crippen MR) is 98.8 cm³/mol. The fourth-order valence-electron chi connectivity index (χ4n) is 2.12. The van der Waals surface area contributed by atoms with Crippen LogP contribution in [0.25, 0.3) is 0 Å². The zero-order valence-electron chi connectivity index (χ0n) is 14.5. The van der Waals surface area contributed by atoms with Crippen LogP contribution in [0.2, 0.25) is 0 Å². The number of nitrogens with zero attached hydrogens (tertiary/aromatic N) is 1. The number of benzene rings is 1. The van der Waals surface area contributed by atoms with Crippen LogP contribution in [-0.2, 0) is 11.0 Å². The van der Waals surface area contributed by atoms with E-state index in [0.29, 0.717) is 6.42 Å². The molecule has 0 heterocycles. The summed E-state index contributed by atoms with van der Waals surface area (Å²) in [5.74, 6) is 0.0455. The van der Waals surface area contributed by atoms with E-state index >= 15 is 0 Å². The van der Waals surface area contributed by atoms with Gasteiger partial charge in [-0.1, -0.05) is 12.1 Å². The van der Waals surface area contributed by atoms with Crippen LogP contribution in [-0.4, -0.2) is 60.3 Å². The Morgan fingerprint density at radius 2 is 2.00 bits per heavy atom. The van der Waals surface area contributed by atoms with E-state index in [1.54, 1.807) is 11.8 Å². The largest absolute Gasteiger partial charge is 0.490 e. The molecule has 0 saturated heterocycles. The van der Waals surface area contributed by atoms with Crippen molar-refractivity contribution in [2.45, 2.75) is 24.7 Å². The lowest BCUT2D eigenvalue weighted by molar-refractivity contribution is -0.139. The number of rotatable bonds is 9. The van der Waals surface area contributed by atoms with Crippen molar-refractivity contribution in [3.8, 4) is 5.75 Å².